The molecule has 0 spiro atoms. The maximum absolute atomic E-state index is 12.3. The number of aryl methyl sites for hydroxylation is 1. The van der Waals surface area contributed by atoms with Gasteiger partial charge in [0.25, 0.3) is 0 Å². The Morgan fingerprint density at radius 1 is 1.15 bits per heavy atom. The molecule has 0 bridgehead atoms. The molecule has 0 aliphatic heterocycles. The molecule has 1 unspecified atom stereocenters. The van der Waals surface area contributed by atoms with E-state index in [9.17, 15) is 19.5 Å². The smallest absolute Gasteiger partial charge is 0.414 e. The monoisotopic (exact) mass is 376 g/mol. The highest BCUT2D eigenvalue weighted by atomic mass is 16.6. The lowest BCUT2D eigenvalue weighted by atomic mass is 9.88. The molecule has 2 N–H and O–H groups in total. The van der Waals surface area contributed by atoms with Gasteiger partial charge in [0.1, 0.15) is 11.8 Å². The van der Waals surface area contributed by atoms with Crippen LogP contribution in [0.4, 0.5) is 4.79 Å². The first-order chi connectivity index (χ1) is 12.9. The number of amides is 2. The van der Waals surface area contributed by atoms with Crippen molar-refractivity contribution in [1.82, 2.24) is 10.2 Å². The first-order valence-corrected chi connectivity index (χ1v) is 9.38. The Labute approximate surface area is 159 Å². The third-order valence-electron chi connectivity index (χ3n) is 4.81. The van der Waals surface area contributed by atoms with Crippen molar-refractivity contribution in [3.8, 4) is 5.75 Å². The summed E-state index contributed by atoms with van der Waals surface area (Å²) in [6.45, 7) is 0. The summed E-state index contributed by atoms with van der Waals surface area (Å²) in [5.41, 5.74) is 0.915. The van der Waals surface area contributed by atoms with Gasteiger partial charge in [-0.05, 0) is 43.4 Å². The van der Waals surface area contributed by atoms with Gasteiger partial charge in [-0.1, -0.05) is 31.4 Å². The first-order valence-electron chi connectivity index (χ1n) is 9.38. The zero-order chi connectivity index (χ0) is 19.8. The molecule has 1 aliphatic carbocycles. The zero-order valence-electron chi connectivity index (χ0n) is 15.9. The first kappa shape index (κ1) is 20.7. The Kier molecular flexibility index (Phi) is 7.64. The highest BCUT2D eigenvalue weighted by Gasteiger charge is 2.26. The van der Waals surface area contributed by atoms with Crippen molar-refractivity contribution in [2.75, 3.05) is 14.1 Å². The molecule has 27 heavy (non-hydrogen) atoms. The van der Waals surface area contributed by atoms with E-state index in [4.69, 9.17) is 4.74 Å². The number of nitrogens with one attached hydrogen (secondary N) is 1. The van der Waals surface area contributed by atoms with Crippen molar-refractivity contribution in [2.24, 2.45) is 5.92 Å². The fourth-order valence-electron chi connectivity index (χ4n) is 3.14. The molecule has 7 nitrogen and oxygen atoms in total. The van der Waals surface area contributed by atoms with Gasteiger partial charge in [0.2, 0.25) is 5.91 Å². The predicted octanol–water partition coefficient (Wildman–Crippen LogP) is 2.83. The second-order valence-electron chi connectivity index (χ2n) is 7.18. The number of benzene rings is 1. The van der Waals surface area contributed by atoms with E-state index in [2.05, 4.69) is 5.32 Å². The number of hydrogen-bond acceptors (Lipinski definition) is 4. The molecule has 1 fully saturated rings. The van der Waals surface area contributed by atoms with Gasteiger partial charge in [0.15, 0.2) is 0 Å². The van der Waals surface area contributed by atoms with Crippen LogP contribution in [-0.4, -0.2) is 48.1 Å². The average molecular weight is 376 g/mol. The van der Waals surface area contributed by atoms with Crippen molar-refractivity contribution in [3.05, 3.63) is 29.8 Å². The number of nitrogens with zero attached hydrogens (tertiary/aromatic N) is 1. The third-order valence-corrected chi connectivity index (χ3v) is 4.81. The van der Waals surface area contributed by atoms with Crippen LogP contribution in [0.1, 0.15) is 44.1 Å². The summed E-state index contributed by atoms with van der Waals surface area (Å²) < 4.78 is 5.15. The third kappa shape index (κ3) is 6.58. The van der Waals surface area contributed by atoms with Crippen molar-refractivity contribution in [2.45, 2.75) is 51.0 Å². The van der Waals surface area contributed by atoms with Crippen LogP contribution < -0.4 is 10.1 Å². The summed E-state index contributed by atoms with van der Waals surface area (Å²) in [5.74, 6) is -0.798. The number of carbonyl (C=O) groups excluding carboxylic acids is 2. The Hall–Kier alpha value is -2.57. The van der Waals surface area contributed by atoms with E-state index in [0.29, 0.717) is 18.6 Å². The molecule has 1 aromatic rings. The van der Waals surface area contributed by atoms with Crippen LogP contribution in [-0.2, 0) is 16.0 Å². The number of ether oxygens (including phenoxy) is 1. The molecule has 1 saturated carbocycles. The lowest BCUT2D eigenvalue weighted by Crippen LogP contribution is -2.44. The fraction of sp³-hybridized carbons (Fsp3) is 0.550. The Bertz CT molecular complexity index is 651. The standard InChI is InChI=1S/C20H28N2O5/c1-22(2)20(26)27-16-11-8-14(9-12-16)10-13-17(19(24)25)21-18(23)15-6-4-3-5-7-15/h8-9,11-12,15,17H,3-7,10,13H2,1-2H3,(H,21,23)(H,24,25). The van der Waals surface area contributed by atoms with Crippen LogP contribution in [0, 0.1) is 5.92 Å². The van der Waals surface area contributed by atoms with Crippen LogP contribution in [0.3, 0.4) is 0 Å². The van der Waals surface area contributed by atoms with E-state index in [0.717, 1.165) is 37.7 Å². The molecule has 1 atom stereocenters. The molecule has 0 aromatic heterocycles. The summed E-state index contributed by atoms with van der Waals surface area (Å²) in [4.78, 5) is 36.7. The number of hydrogen-bond donors (Lipinski definition) is 2. The summed E-state index contributed by atoms with van der Waals surface area (Å²) >= 11 is 0. The zero-order valence-corrected chi connectivity index (χ0v) is 15.9. The van der Waals surface area contributed by atoms with Crippen molar-refractivity contribution >= 4 is 18.0 Å². The molecule has 2 rings (SSSR count). The number of carboxylic acids is 1. The second-order valence-corrected chi connectivity index (χ2v) is 7.18. The molecule has 148 valence electrons. The van der Waals surface area contributed by atoms with E-state index in [1.165, 1.54) is 4.90 Å². The Balaban J connectivity index is 1.86. The lowest BCUT2D eigenvalue weighted by molar-refractivity contribution is -0.142. The Morgan fingerprint density at radius 2 is 1.78 bits per heavy atom. The molecule has 2 amide bonds. The molecule has 0 radical (unpaired) electrons. The van der Waals surface area contributed by atoms with E-state index in [-0.39, 0.29) is 11.8 Å². The van der Waals surface area contributed by atoms with Crippen molar-refractivity contribution in [3.63, 3.8) is 0 Å². The van der Waals surface area contributed by atoms with E-state index in [1.54, 1.807) is 38.4 Å². The molecular weight excluding hydrogens is 348 g/mol. The normalized spacial score (nSPS) is 15.6. The van der Waals surface area contributed by atoms with Crippen molar-refractivity contribution in [1.29, 1.82) is 0 Å². The van der Waals surface area contributed by atoms with Gasteiger partial charge in [0, 0.05) is 20.0 Å². The summed E-state index contributed by atoms with van der Waals surface area (Å²) in [6, 6.07) is 6.03. The van der Waals surface area contributed by atoms with Crippen LogP contribution in [0.5, 0.6) is 5.75 Å². The van der Waals surface area contributed by atoms with Gasteiger partial charge in [-0.3, -0.25) is 4.79 Å². The van der Waals surface area contributed by atoms with Crippen LogP contribution in [0.25, 0.3) is 0 Å². The highest BCUT2D eigenvalue weighted by Crippen LogP contribution is 2.24. The van der Waals surface area contributed by atoms with E-state index in [1.807, 2.05) is 0 Å². The van der Waals surface area contributed by atoms with Gasteiger partial charge in [-0.25, -0.2) is 9.59 Å². The SMILES string of the molecule is CN(C)C(=O)Oc1ccc(CCC(NC(=O)C2CCCCC2)C(=O)O)cc1. The fourth-order valence-corrected chi connectivity index (χ4v) is 3.14. The number of carboxylic acid groups (broad SMARTS) is 1. The second kappa shape index (κ2) is 9.94. The van der Waals surface area contributed by atoms with Gasteiger partial charge in [-0.15, -0.1) is 0 Å². The maximum atomic E-state index is 12.3. The highest BCUT2D eigenvalue weighted by molar-refractivity contribution is 5.85. The van der Waals surface area contributed by atoms with Gasteiger partial charge < -0.3 is 20.1 Å². The van der Waals surface area contributed by atoms with Crippen LogP contribution in [0.2, 0.25) is 0 Å². The summed E-state index contributed by atoms with van der Waals surface area (Å²) in [6.07, 6.45) is 5.23. The van der Waals surface area contributed by atoms with E-state index >= 15 is 0 Å². The predicted molar refractivity (Wildman–Crippen MR) is 101 cm³/mol. The summed E-state index contributed by atoms with van der Waals surface area (Å²) in [5, 5.41) is 12.1. The molecule has 7 heteroatoms. The van der Waals surface area contributed by atoms with E-state index < -0.39 is 18.1 Å². The number of aliphatic carboxylic acids is 1. The van der Waals surface area contributed by atoms with Crippen molar-refractivity contribution < 1.29 is 24.2 Å². The lowest BCUT2D eigenvalue weighted by Gasteiger charge is -2.23. The number of rotatable bonds is 7. The maximum Gasteiger partial charge on any atom is 0.414 e. The van der Waals surface area contributed by atoms with Gasteiger partial charge in [0.05, 0.1) is 0 Å². The van der Waals surface area contributed by atoms with Crippen LogP contribution in [0.15, 0.2) is 24.3 Å². The minimum atomic E-state index is -1.02. The van der Waals surface area contributed by atoms with Crippen LogP contribution >= 0.6 is 0 Å². The quantitative estimate of drug-likeness (QED) is 0.763. The number of carbonyl (C=O) groups is 3. The van der Waals surface area contributed by atoms with Gasteiger partial charge in [-0.2, -0.15) is 0 Å². The molecule has 1 aromatic carbocycles. The molecule has 1 aliphatic rings. The molecule has 0 heterocycles. The topological polar surface area (TPSA) is 95.9 Å². The Morgan fingerprint density at radius 3 is 2.33 bits per heavy atom. The molecular formula is C20H28N2O5. The average Bonchev–Trinajstić information content (AvgIpc) is 2.66. The summed E-state index contributed by atoms with van der Waals surface area (Å²) in [7, 11) is 3.20. The minimum absolute atomic E-state index is 0.0636. The molecule has 0 saturated heterocycles. The minimum Gasteiger partial charge on any atom is -0.480 e. The van der Waals surface area contributed by atoms with Gasteiger partial charge >= 0.3 is 12.1 Å². The largest absolute Gasteiger partial charge is 0.480 e.